The van der Waals surface area contributed by atoms with Crippen LogP contribution in [-0.2, 0) is 16.2 Å². The largest absolute Gasteiger partial charge is 0.488 e. The maximum absolute atomic E-state index is 12.1. The van der Waals surface area contributed by atoms with E-state index < -0.39 is 11.8 Å². The fourth-order valence-electron chi connectivity index (χ4n) is 2.90. The summed E-state index contributed by atoms with van der Waals surface area (Å²) in [7, 11) is 0. The molecule has 0 unspecified atom stereocenters. The summed E-state index contributed by atoms with van der Waals surface area (Å²) in [6.45, 7) is 4.19. The Morgan fingerprint density at radius 3 is 2.52 bits per heavy atom. The van der Waals surface area contributed by atoms with Gasteiger partial charge in [-0.1, -0.05) is 47.5 Å². The number of nitrogens with one attached hydrogen (secondary N) is 2. The van der Waals surface area contributed by atoms with Gasteiger partial charge in [0.2, 0.25) is 11.8 Å². The highest BCUT2D eigenvalue weighted by Crippen LogP contribution is 2.24. The number of carbonyl (C=O) groups excluding carboxylic acids is 2. The van der Waals surface area contributed by atoms with E-state index in [0.717, 1.165) is 16.7 Å². The lowest BCUT2D eigenvalue weighted by Gasteiger charge is -2.10. The van der Waals surface area contributed by atoms with Gasteiger partial charge in [0.25, 0.3) is 0 Å². The van der Waals surface area contributed by atoms with Crippen LogP contribution in [0.1, 0.15) is 28.7 Å². The molecule has 0 aliphatic rings. The van der Waals surface area contributed by atoms with Gasteiger partial charge in [-0.3, -0.25) is 9.59 Å². The maximum atomic E-state index is 12.1. The molecular formula is C25H23Cl2N3O3. The summed E-state index contributed by atoms with van der Waals surface area (Å²) < 4.78 is 5.85. The minimum Gasteiger partial charge on any atom is -0.488 e. The number of rotatable bonds is 8. The van der Waals surface area contributed by atoms with Crippen LogP contribution < -0.4 is 15.5 Å². The van der Waals surface area contributed by atoms with E-state index in [1.54, 1.807) is 36.4 Å². The van der Waals surface area contributed by atoms with E-state index in [-0.39, 0.29) is 13.0 Å². The average molecular weight is 484 g/mol. The second kappa shape index (κ2) is 11.5. The van der Waals surface area contributed by atoms with E-state index in [2.05, 4.69) is 15.8 Å². The Kier molecular flexibility index (Phi) is 8.46. The van der Waals surface area contributed by atoms with Crippen molar-refractivity contribution < 1.29 is 14.3 Å². The minimum absolute atomic E-state index is 0.242. The zero-order valence-corrected chi connectivity index (χ0v) is 19.7. The van der Waals surface area contributed by atoms with Crippen molar-refractivity contribution in [3.63, 3.8) is 0 Å². The summed E-state index contributed by atoms with van der Waals surface area (Å²) in [6, 6.07) is 18.0. The van der Waals surface area contributed by atoms with Gasteiger partial charge >= 0.3 is 0 Å². The Balaban J connectivity index is 1.53. The topological polar surface area (TPSA) is 79.8 Å². The molecule has 8 heteroatoms. The molecule has 33 heavy (non-hydrogen) atoms. The highest BCUT2D eigenvalue weighted by Gasteiger charge is 2.10. The SMILES string of the molecule is Cc1ccc(NC(=O)CC(=O)NN=Cc2ccccc2OCc2ccc(Cl)cc2Cl)cc1C. The molecule has 0 saturated carbocycles. The monoisotopic (exact) mass is 483 g/mol. The molecule has 0 aromatic heterocycles. The summed E-state index contributed by atoms with van der Waals surface area (Å²) in [4.78, 5) is 24.2. The number of hydrogen-bond acceptors (Lipinski definition) is 4. The molecule has 0 heterocycles. The first kappa shape index (κ1) is 24.3. The lowest BCUT2D eigenvalue weighted by Crippen LogP contribution is -2.24. The third-order valence-electron chi connectivity index (χ3n) is 4.82. The molecule has 3 aromatic carbocycles. The molecule has 0 saturated heterocycles. The van der Waals surface area contributed by atoms with Crippen LogP contribution in [0.5, 0.6) is 5.75 Å². The smallest absolute Gasteiger partial charge is 0.249 e. The molecule has 2 N–H and O–H groups in total. The van der Waals surface area contributed by atoms with Gasteiger partial charge in [-0.25, -0.2) is 5.43 Å². The Bertz CT molecular complexity index is 1200. The molecule has 2 amide bonds. The molecule has 0 aliphatic heterocycles. The molecule has 0 radical (unpaired) electrons. The number of anilines is 1. The van der Waals surface area contributed by atoms with Crippen molar-refractivity contribution >= 4 is 46.9 Å². The van der Waals surface area contributed by atoms with Gasteiger partial charge in [0.05, 0.1) is 6.21 Å². The first-order chi connectivity index (χ1) is 15.8. The number of nitrogens with zero attached hydrogens (tertiary/aromatic N) is 1. The van der Waals surface area contributed by atoms with E-state index in [1.165, 1.54) is 6.21 Å². The molecule has 3 aromatic rings. The molecule has 0 bridgehead atoms. The Morgan fingerprint density at radius 1 is 0.970 bits per heavy atom. The standard InChI is InChI=1S/C25H23Cl2N3O3/c1-16-7-10-21(11-17(16)2)29-24(31)13-25(32)30-28-14-18-5-3-4-6-23(18)33-15-19-8-9-20(26)12-22(19)27/h3-12,14H,13,15H2,1-2H3,(H,29,31)(H,30,32). The van der Waals surface area contributed by atoms with Crippen molar-refractivity contribution in [2.45, 2.75) is 26.9 Å². The Labute approximate surface area is 202 Å². The highest BCUT2D eigenvalue weighted by atomic mass is 35.5. The van der Waals surface area contributed by atoms with Crippen molar-refractivity contribution in [3.05, 3.63) is 93.0 Å². The quantitative estimate of drug-likeness (QED) is 0.246. The molecule has 6 nitrogen and oxygen atoms in total. The number of hydrazone groups is 1. The summed E-state index contributed by atoms with van der Waals surface area (Å²) in [6.07, 6.45) is 1.11. The third kappa shape index (κ3) is 7.34. The van der Waals surface area contributed by atoms with E-state index in [9.17, 15) is 9.59 Å². The van der Waals surface area contributed by atoms with E-state index in [4.69, 9.17) is 27.9 Å². The van der Waals surface area contributed by atoms with Crippen LogP contribution in [0.25, 0.3) is 0 Å². The zero-order chi connectivity index (χ0) is 23.8. The molecule has 3 rings (SSSR count). The van der Waals surface area contributed by atoms with Crippen molar-refractivity contribution in [1.82, 2.24) is 5.43 Å². The van der Waals surface area contributed by atoms with Crippen molar-refractivity contribution in [2.75, 3.05) is 5.32 Å². The van der Waals surface area contributed by atoms with Crippen molar-refractivity contribution in [1.29, 1.82) is 0 Å². The zero-order valence-electron chi connectivity index (χ0n) is 18.2. The van der Waals surface area contributed by atoms with Crippen molar-refractivity contribution in [2.24, 2.45) is 5.10 Å². The first-order valence-corrected chi connectivity index (χ1v) is 10.9. The van der Waals surface area contributed by atoms with Gasteiger partial charge < -0.3 is 10.1 Å². The van der Waals surface area contributed by atoms with Gasteiger partial charge in [-0.05, 0) is 61.4 Å². The van der Waals surface area contributed by atoms with Crippen LogP contribution in [0.15, 0.2) is 65.8 Å². The molecule has 170 valence electrons. The number of benzene rings is 3. The Hall–Kier alpha value is -3.35. The molecule has 0 fully saturated rings. The fourth-order valence-corrected chi connectivity index (χ4v) is 3.36. The molecule has 0 spiro atoms. The lowest BCUT2D eigenvalue weighted by atomic mass is 10.1. The average Bonchev–Trinajstić information content (AvgIpc) is 2.76. The third-order valence-corrected chi connectivity index (χ3v) is 5.41. The predicted molar refractivity (Wildman–Crippen MR) is 132 cm³/mol. The molecule has 0 atom stereocenters. The first-order valence-electron chi connectivity index (χ1n) is 10.2. The van der Waals surface area contributed by atoms with Crippen LogP contribution in [0.3, 0.4) is 0 Å². The highest BCUT2D eigenvalue weighted by molar-refractivity contribution is 6.35. The number of para-hydroxylation sites is 1. The molecule has 0 aliphatic carbocycles. The van der Waals surface area contributed by atoms with Crippen LogP contribution in [-0.4, -0.2) is 18.0 Å². The van der Waals surface area contributed by atoms with Crippen molar-refractivity contribution in [3.8, 4) is 5.75 Å². The number of ether oxygens (including phenoxy) is 1. The van der Waals surface area contributed by atoms with Gasteiger partial charge in [-0.15, -0.1) is 0 Å². The van der Waals surface area contributed by atoms with Gasteiger partial charge in [-0.2, -0.15) is 5.10 Å². The fraction of sp³-hybridized carbons (Fsp3) is 0.160. The van der Waals surface area contributed by atoms with Crippen LogP contribution >= 0.6 is 23.2 Å². The van der Waals surface area contributed by atoms with Gasteiger partial charge in [0.15, 0.2) is 0 Å². The van der Waals surface area contributed by atoms with E-state index in [0.29, 0.717) is 27.0 Å². The van der Waals surface area contributed by atoms with Crippen LogP contribution in [0, 0.1) is 13.8 Å². The van der Waals surface area contributed by atoms with E-state index in [1.807, 2.05) is 38.1 Å². The summed E-state index contributed by atoms with van der Waals surface area (Å²) in [5, 5.41) is 7.72. The minimum atomic E-state index is -0.529. The number of aryl methyl sites for hydroxylation is 2. The number of halogens is 2. The van der Waals surface area contributed by atoms with Gasteiger partial charge in [0, 0.05) is 26.9 Å². The number of hydrogen-bond donors (Lipinski definition) is 2. The number of amides is 2. The van der Waals surface area contributed by atoms with E-state index >= 15 is 0 Å². The summed E-state index contributed by atoms with van der Waals surface area (Å²) in [5.74, 6) is -0.387. The predicted octanol–water partition coefficient (Wildman–Crippen LogP) is 5.67. The normalized spacial score (nSPS) is 10.8. The maximum Gasteiger partial charge on any atom is 0.249 e. The van der Waals surface area contributed by atoms with Crippen LogP contribution in [0.4, 0.5) is 5.69 Å². The lowest BCUT2D eigenvalue weighted by molar-refractivity contribution is -0.126. The van der Waals surface area contributed by atoms with Crippen LogP contribution in [0.2, 0.25) is 10.0 Å². The summed E-state index contributed by atoms with van der Waals surface area (Å²) in [5.41, 5.74) is 6.63. The summed E-state index contributed by atoms with van der Waals surface area (Å²) >= 11 is 12.1. The number of carbonyl (C=O) groups is 2. The van der Waals surface area contributed by atoms with Gasteiger partial charge in [0.1, 0.15) is 18.8 Å². The second-order valence-corrected chi connectivity index (χ2v) is 8.22. The Morgan fingerprint density at radius 2 is 1.76 bits per heavy atom. The second-order valence-electron chi connectivity index (χ2n) is 7.38. The molecular weight excluding hydrogens is 461 g/mol.